The van der Waals surface area contributed by atoms with Crippen LogP contribution >= 0.6 is 0 Å². The number of ether oxygens (including phenoxy) is 7. The molecular weight excluding hydrogens is 714 g/mol. The molecule has 1 heterocycles. The molecule has 55 heavy (non-hydrogen) atoms. The fourth-order valence-electron chi connectivity index (χ4n) is 5.73. The van der Waals surface area contributed by atoms with E-state index in [1.165, 1.54) is 4.90 Å². The first-order chi connectivity index (χ1) is 26.4. The van der Waals surface area contributed by atoms with Crippen molar-refractivity contribution in [3.8, 4) is 11.5 Å². The van der Waals surface area contributed by atoms with E-state index in [1.54, 1.807) is 51.0 Å². The van der Waals surface area contributed by atoms with Gasteiger partial charge in [-0.15, -0.1) is 0 Å². The summed E-state index contributed by atoms with van der Waals surface area (Å²) in [6, 6.07) is 12.8. The number of nitrogens with one attached hydrogen (secondary N) is 1. The quantitative estimate of drug-likeness (QED) is 0.143. The second-order valence-electron chi connectivity index (χ2n) is 13.9. The minimum atomic E-state index is -0.896. The summed E-state index contributed by atoms with van der Waals surface area (Å²) in [6.45, 7) is 11.7. The predicted molar refractivity (Wildman–Crippen MR) is 204 cm³/mol. The molecule has 3 rings (SSSR count). The molecule has 2 aromatic rings. The molecule has 0 radical (unpaired) electrons. The molecule has 0 saturated carbocycles. The highest BCUT2D eigenvalue weighted by Gasteiger charge is 2.30. The molecule has 2 N–H and O–H groups in total. The first-order valence-corrected chi connectivity index (χ1v) is 18.9. The van der Waals surface area contributed by atoms with Gasteiger partial charge < -0.3 is 48.5 Å². The number of piperidine rings is 1. The van der Waals surface area contributed by atoms with Crippen LogP contribution in [0.2, 0.25) is 0 Å². The zero-order chi connectivity index (χ0) is 40.1. The fraction of sp³-hybridized carbons (Fsp3) is 0.600. The molecule has 3 amide bonds. The number of carbonyl (C=O) groups is 4. The topological polar surface area (TPSA) is 172 Å². The van der Waals surface area contributed by atoms with Gasteiger partial charge in [-0.25, -0.2) is 4.79 Å². The summed E-state index contributed by atoms with van der Waals surface area (Å²) in [6.07, 6.45) is 1.02. The Balaban J connectivity index is 1.46. The maximum atomic E-state index is 13.8. The number of carboxylic acid groups (broad SMARTS) is 1. The minimum Gasteiger partial charge on any atom is -0.497 e. The number of aliphatic carboxylic acids is 1. The second kappa shape index (κ2) is 24.2. The van der Waals surface area contributed by atoms with Crippen LogP contribution in [0.15, 0.2) is 42.5 Å². The minimum absolute atomic E-state index is 0.0254. The molecule has 15 nitrogen and oxygen atoms in total. The van der Waals surface area contributed by atoms with Crippen LogP contribution in [0.25, 0.3) is 0 Å². The first kappa shape index (κ1) is 45.0. The molecule has 306 valence electrons. The van der Waals surface area contributed by atoms with Crippen molar-refractivity contribution in [2.24, 2.45) is 0 Å². The van der Waals surface area contributed by atoms with Crippen molar-refractivity contribution >= 4 is 23.9 Å². The van der Waals surface area contributed by atoms with E-state index in [4.69, 9.17) is 38.3 Å². The molecule has 0 aromatic heterocycles. The van der Waals surface area contributed by atoms with Crippen LogP contribution in [0.5, 0.6) is 11.5 Å². The van der Waals surface area contributed by atoms with Gasteiger partial charge >= 0.3 is 12.1 Å². The molecule has 1 aliphatic heterocycles. The summed E-state index contributed by atoms with van der Waals surface area (Å²) >= 11 is 0. The Kier molecular flexibility index (Phi) is 19.7. The standard InChI is InChI=1S/C40H59N3O12/c1-6-54-35-26-34(49-5)13-12-33(35)28-43(39(48)55-40(2,3)4)29-36(44)42-16-8-11-32(27-42)30-9-7-10-31(25-30)38(47)41-15-18-51-20-22-53-24-23-52-21-19-50-17-14-37(45)46/h7,9-10,12-13,25-26,32H,6,8,11,14-24,27-29H2,1-5H3,(H,41,47)(H,45,46). The van der Waals surface area contributed by atoms with Gasteiger partial charge in [0.2, 0.25) is 5.91 Å². The van der Waals surface area contributed by atoms with Crippen molar-refractivity contribution < 1.29 is 57.4 Å². The number of carbonyl (C=O) groups excluding carboxylic acids is 3. The van der Waals surface area contributed by atoms with Crippen LogP contribution in [0.3, 0.4) is 0 Å². The van der Waals surface area contributed by atoms with Gasteiger partial charge in [-0.3, -0.25) is 19.3 Å². The maximum Gasteiger partial charge on any atom is 0.411 e. The number of methoxy groups -OCH3 is 1. The molecular formula is C40H59N3O12. The average molecular weight is 774 g/mol. The highest BCUT2D eigenvalue weighted by Crippen LogP contribution is 2.29. The fourth-order valence-corrected chi connectivity index (χ4v) is 5.73. The second-order valence-corrected chi connectivity index (χ2v) is 13.9. The third kappa shape index (κ3) is 17.3. The molecule has 1 atom stereocenters. The smallest absolute Gasteiger partial charge is 0.411 e. The van der Waals surface area contributed by atoms with Crippen LogP contribution < -0.4 is 14.8 Å². The van der Waals surface area contributed by atoms with Gasteiger partial charge in [-0.1, -0.05) is 12.1 Å². The molecule has 1 saturated heterocycles. The van der Waals surface area contributed by atoms with Crippen LogP contribution in [-0.4, -0.2) is 137 Å². The zero-order valence-electron chi connectivity index (χ0n) is 33.0. The third-order valence-corrected chi connectivity index (χ3v) is 8.42. The van der Waals surface area contributed by atoms with E-state index in [0.29, 0.717) is 89.6 Å². The Hall–Kier alpha value is -4.44. The molecule has 15 heteroatoms. The van der Waals surface area contributed by atoms with Gasteiger partial charge in [0.25, 0.3) is 5.91 Å². The molecule has 1 unspecified atom stereocenters. The maximum absolute atomic E-state index is 13.8. The average Bonchev–Trinajstić information content (AvgIpc) is 3.15. The highest BCUT2D eigenvalue weighted by molar-refractivity contribution is 5.94. The highest BCUT2D eigenvalue weighted by atomic mass is 16.6. The normalized spacial score (nSPS) is 14.3. The van der Waals surface area contributed by atoms with E-state index in [9.17, 15) is 19.2 Å². The van der Waals surface area contributed by atoms with E-state index in [-0.39, 0.29) is 43.8 Å². The largest absolute Gasteiger partial charge is 0.497 e. The number of carboxylic acids is 1. The van der Waals surface area contributed by atoms with Crippen molar-refractivity contribution in [2.45, 2.75) is 65.0 Å². The number of likely N-dealkylation sites (tertiary alicyclic amines) is 1. The number of amides is 3. The Morgan fingerprint density at radius 1 is 0.909 bits per heavy atom. The molecule has 0 aliphatic carbocycles. The van der Waals surface area contributed by atoms with Gasteiger partial charge in [0.15, 0.2) is 0 Å². The van der Waals surface area contributed by atoms with Gasteiger partial charge in [0.05, 0.1) is 79.5 Å². The molecule has 1 aliphatic rings. The van der Waals surface area contributed by atoms with E-state index < -0.39 is 17.7 Å². The molecule has 0 spiro atoms. The van der Waals surface area contributed by atoms with E-state index in [1.807, 2.05) is 31.2 Å². The van der Waals surface area contributed by atoms with E-state index in [2.05, 4.69) is 5.32 Å². The zero-order valence-corrected chi connectivity index (χ0v) is 33.0. The summed E-state index contributed by atoms with van der Waals surface area (Å²) in [5.41, 5.74) is 1.47. The Morgan fingerprint density at radius 3 is 2.22 bits per heavy atom. The lowest BCUT2D eigenvalue weighted by molar-refractivity contribution is -0.138. The summed E-state index contributed by atoms with van der Waals surface area (Å²) in [7, 11) is 1.57. The Morgan fingerprint density at radius 2 is 1.58 bits per heavy atom. The van der Waals surface area contributed by atoms with Gasteiger partial charge in [0, 0.05) is 42.7 Å². The summed E-state index contributed by atoms with van der Waals surface area (Å²) in [4.78, 5) is 53.8. The number of benzene rings is 2. The Labute approximate surface area is 324 Å². The monoisotopic (exact) mass is 773 g/mol. The van der Waals surface area contributed by atoms with Crippen molar-refractivity contribution in [1.82, 2.24) is 15.1 Å². The van der Waals surface area contributed by atoms with Gasteiger partial charge in [-0.05, 0) is 70.4 Å². The Bertz CT molecular complexity index is 1500. The summed E-state index contributed by atoms with van der Waals surface area (Å²) in [5, 5.41) is 11.5. The molecule has 0 bridgehead atoms. The lowest BCUT2D eigenvalue weighted by Crippen LogP contribution is -2.47. The van der Waals surface area contributed by atoms with E-state index >= 15 is 0 Å². The van der Waals surface area contributed by atoms with Crippen molar-refractivity contribution in [2.75, 3.05) is 92.8 Å². The summed E-state index contributed by atoms with van der Waals surface area (Å²) in [5.74, 6) is -0.0856. The van der Waals surface area contributed by atoms with Crippen LogP contribution in [0.4, 0.5) is 4.79 Å². The number of nitrogens with zero attached hydrogens (tertiary/aromatic N) is 2. The van der Waals surface area contributed by atoms with Crippen LogP contribution in [-0.2, 0) is 39.8 Å². The van der Waals surface area contributed by atoms with Crippen molar-refractivity contribution in [3.63, 3.8) is 0 Å². The molecule has 1 fully saturated rings. The van der Waals surface area contributed by atoms with Crippen LogP contribution in [0, 0.1) is 0 Å². The lowest BCUT2D eigenvalue weighted by atomic mass is 9.89. The number of rotatable bonds is 24. The van der Waals surface area contributed by atoms with E-state index in [0.717, 1.165) is 24.0 Å². The van der Waals surface area contributed by atoms with Gasteiger partial charge in [-0.2, -0.15) is 0 Å². The van der Waals surface area contributed by atoms with Crippen LogP contribution in [0.1, 0.15) is 74.4 Å². The SMILES string of the molecule is CCOc1cc(OC)ccc1CN(CC(=O)N1CCCC(c2cccc(C(=O)NCCOCCOCCOCCOCCC(=O)O)c2)C1)C(=O)OC(C)(C)C. The number of hydrogen-bond donors (Lipinski definition) is 2. The van der Waals surface area contributed by atoms with Crippen molar-refractivity contribution in [1.29, 1.82) is 0 Å². The predicted octanol–water partition coefficient (Wildman–Crippen LogP) is 4.51. The number of hydrogen-bond acceptors (Lipinski definition) is 11. The third-order valence-electron chi connectivity index (χ3n) is 8.42. The summed E-state index contributed by atoms with van der Waals surface area (Å²) < 4.78 is 38.4. The lowest BCUT2D eigenvalue weighted by Gasteiger charge is -2.35. The molecule has 2 aromatic carbocycles. The first-order valence-electron chi connectivity index (χ1n) is 18.9. The van der Waals surface area contributed by atoms with Gasteiger partial charge in [0.1, 0.15) is 23.6 Å². The van der Waals surface area contributed by atoms with Crippen molar-refractivity contribution in [3.05, 3.63) is 59.2 Å².